The fourth-order valence-electron chi connectivity index (χ4n) is 1.92. The summed E-state index contributed by atoms with van der Waals surface area (Å²) >= 11 is 0. The Kier molecular flexibility index (Phi) is 3.61. The van der Waals surface area contributed by atoms with E-state index in [2.05, 4.69) is 33.2 Å². The van der Waals surface area contributed by atoms with Crippen molar-refractivity contribution in [3.05, 3.63) is 24.3 Å². The Balaban J connectivity index is 1.90. The van der Waals surface area contributed by atoms with Crippen molar-refractivity contribution in [2.75, 3.05) is 19.6 Å². The highest BCUT2D eigenvalue weighted by molar-refractivity contribution is 7.27. The molecule has 2 unspecified atom stereocenters. The molecule has 2 atom stereocenters. The van der Waals surface area contributed by atoms with E-state index in [0.717, 1.165) is 25.3 Å². The summed E-state index contributed by atoms with van der Waals surface area (Å²) in [6.07, 6.45) is 1.52. The van der Waals surface area contributed by atoms with Gasteiger partial charge in [0.25, 0.3) is 0 Å². The van der Waals surface area contributed by atoms with Crippen LogP contribution in [0.3, 0.4) is 0 Å². The van der Waals surface area contributed by atoms with Crippen LogP contribution in [0.5, 0.6) is 5.75 Å². The van der Waals surface area contributed by atoms with Crippen LogP contribution in [0.15, 0.2) is 24.3 Å². The molecule has 1 aromatic rings. The Hall–Kier alpha value is -0.590. The molecule has 0 saturated carbocycles. The van der Waals surface area contributed by atoms with Crippen molar-refractivity contribution < 1.29 is 4.74 Å². The van der Waals surface area contributed by atoms with Gasteiger partial charge in [-0.3, -0.25) is 4.90 Å². The molecular weight excluding hydrogens is 205 g/mol. The fraction of sp³-hybridized carbons (Fsp3) is 0.500. The molecule has 15 heavy (non-hydrogen) atoms. The van der Waals surface area contributed by atoms with Gasteiger partial charge in [-0.2, -0.15) is 0 Å². The van der Waals surface area contributed by atoms with Crippen LogP contribution < -0.4 is 10.0 Å². The lowest BCUT2D eigenvalue weighted by atomic mass is 10.3. The van der Waals surface area contributed by atoms with Crippen LogP contribution in [0.2, 0.25) is 0 Å². The molecule has 1 fully saturated rings. The second-order valence-corrected chi connectivity index (χ2v) is 4.66. The van der Waals surface area contributed by atoms with Gasteiger partial charge < -0.3 is 4.74 Å². The van der Waals surface area contributed by atoms with Crippen LogP contribution >= 0.6 is 9.24 Å². The van der Waals surface area contributed by atoms with Crippen molar-refractivity contribution in [1.29, 1.82) is 0 Å². The van der Waals surface area contributed by atoms with E-state index in [0.29, 0.717) is 6.10 Å². The van der Waals surface area contributed by atoms with E-state index < -0.39 is 0 Å². The van der Waals surface area contributed by atoms with Gasteiger partial charge in [0.2, 0.25) is 0 Å². The van der Waals surface area contributed by atoms with Crippen LogP contribution in [0.1, 0.15) is 13.3 Å². The number of ether oxygens (including phenoxy) is 1. The molecule has 3 heteroatoms. The summed E-state index contributed by atoms with van der Waals surface area (Å²) in [6.45, 7) is 5.57. The molecule has 0 spiro atoms. The van der Waals surface area contributed by atoms with Gasteiger partial charge in [0, 0.05) is 13.1 Å². The summed E-state index contributed by atoms with van der Waals surface area (Å²) in [7, 11) is 2.68. The lowest BCUT2D eigenvalue weighted by Crippen LogP contribution is -2.24. The number of likely N-dealkylation sites (tertiary alicyclic amines) is 1. The second-order valence-electron chi connectivity index (χ2n) is 3.99. The van der Waals surface area contributed by atoms with Crippen molar-refractivity contribution in [1.82, 2.24) is 4.90 Å². The smallest absolute Gasteiger partial charge is 0.119 e. The molecule has 1 heterocycles. The number of hydrogen-bond acceptors (Lipinski definition) is 2. The molecule has 0 amide bonds. The van der Waals surface area contributed by atoms with E-state index in [4.69, 9.17) is 4.74 Å². The van der Waals surface area contributed by atoms with Crippen LogP contribution in [-0.4, -0.2) is 30.6 Å². The van der Waals surface area contributed by atoms with Gasteiger partial charge in [0.05, 0.1) is 0 Å². The highest BCUT2D eigenvalue weighted by Crippen LogP contribution is 2.17. The van der Waals surface area contributed by atoms with E-state index in [1.807, 2.05) is 12.1 Å². The molecule has 0 bridgehead atoms. The number of hydrogen-bond donors (Lipinski definition) is 0. The van der Waals surface area contributed by atoms with Crippen LogP contribution in [0, 0.1) is 0 Å². The molecule has 0 aromatic heterocycles. The SMILES string of the molecule is CCN1CCC(Oc2ccc(P)cc2)C1. The van der Waals surface area contributed by atoms with Gasteiger partial charge in [-0.1, -0.05) is 19.1 Å². The van der Waals surface area contributed by atoms with Gasteiger partial charge >= 0.3 is 0 Å². The Morgan fingerprint density at radius 3 is 2.73 bits per heavy atom. The second kappa shape index (κ2) is 4.96. The standard InChI is InChI=1S/C12H18NOP/c1-2-13-8-7-11(9-13)14-10-3-5-12(15)6-4-10/h3-6,11H,2,7-9,15H2,1H3. The van der Waals surface area contributed by atoms with Crippen molar-refractivity contribution in [3.63, 3.8) is 0 Å². The Morgan fingerprint density at radius 2 is 2.13 bits per heavy atom. The van der Waals surface area contributed by atoms with Gasteiger partial charge in [-0.25, -0.2) is 0 Å². The van der Waals surface area contributed by atoms with Crippen LogP contribution in [0.25, 0.3) is 0 Å². The zero-order valence-electron chi connectivity index (χ0n) is 9.15. The Labute approximate surface area is 93.8 Å². The third kappa shape index (κ3) is 2.93. The van der Waals surface area contributed by atoms with E-state index >= 15 is 0 Å². The maximum Gasteiger partial charge on any atom is 0.119 e. The largest absolute Gasteiger partial charge is 0.489 e. The predicted molar refractivity (Wildman–Crippen MR) is 66.9 cm³/mol. The minimum absolute atomic E-state index is 0.375. The zero-order valence-corrected chi connectivity index (χ0v) is 10.3. The maximum absolute atomic E-state index is 5.91. The summed E-state index contributed by atoms with van der Waals surface area (Å²) in [4.78, 5) is 2.43. The summed E-state index contributed by atoms with van der Waals surface area (Å²) in [5, 5.41) is 1.20. The lowest BCUT2D eigenvalue weighted by Gasteiger charge is -2.15. The molecule has 1 aliphatic rings. The number of likely N-dealkylation sites (N-methyl/N-ethyl adjacent to an activating group) is 1. The maximum atomic E-state index is 5.91. The number of benzene rings is 1. The molecule has 0 aliphatic carbocycles. The van der Waals surface area contributed by atoms with E-state index in [1.54, 1.807) is 0 Å². The van der Waals surface area contributed by atoms with E-state index in [9.17, 15) is 0 Å². The Bertz CT molecular complexity index is 312. The number of rotatable bonds is 3. The van der Waals surface area contributed by atoms with Gasteiger partial charge in [-0.15, -0.1) is 9.24 Å². The van der Waals surface area contributed by atoms with Gasteiger partial charge in [0.15, 0.2) is 0 Å². The van der Waals surface area contributed by atoms with Gasteiger partial charge in [-0.05, 0) is 30.4 Å². The minimum atomic E-state index is 0.375. The van der Waals surface area contributed by atoms with E-state index in [-0.39, 0.29) is 0 Å². The molecule has 1 saturated heterocycles. The average molecular weight is 223 g/mol. The van der Waals surface area contributed by atoms with E-state index in [1.165, 1.54) is 11.8 Å². The molecular formula is C12H18NOP. The molecule has 82 valence electrons. The first-order valence-electron chi connectivity index (χ1n) is 5.52. The quantitative estimate of drug-likeness (QED) is 0.723. The van der Waals surface area contributed by atoms with Gasteiger partial charge in [0.1, 0.15) is 11.9 Å². The molecule has 0 radical (unpaired) electrons. The average Bonchev–Trinajstić information content (AvgIpc) is 2.69. The normalized spacial score (nSPS) is 21.9. The Morgan fingerprint density at radius 1 is 1.40 bits per heavy atom. The van der Waals surface area contributed by atoms with Crippen molar-refractivity contribution >= 4 is 14.5 Å². The fourth-order valence-corrected chi connectivity index (χ4v) is 2.11. The molecule has 1 aromatic carbocycles. The van der Waals surface area contributed by atoms with Crippen molar-refractivity contribution in [3.8, 4) is 5.75 Å². The summed E-state index contributed by atoms with van der Waals surface area (Å²) in [6, 6.07) is 8.20. The highest BCUT2D eigenvalue weighted by Gasteiger charge is 2.22. The van der Waals surface area contributed by atoms with Crippen LogP contribution in [0.4, 0.5) is 0 Å². The molecule has 1 aliphatic heterocycles. The predicted octanol–water partition coefficient (Wildman–Crippen LogP) is 1.66. The topological polar surface area (TPSA) is 12.5 Å². The number of nitrogens with zero attached hydrogens (tertiary/aromatic N) is 1. The monoisotopic (exact) mass is 223 g/mol. The third-order valence-electron chi connectivity index (χ3n) is 2.86. The molecule has 2 rings (SSSR count). The molecule has 2 nitrogen and oxygen atoms in total. The van der Waals surface area contributed by atoms with Crippen LogP contribution in [-0.2, 0) is 0 Å². The van der Waals surface area contributed by atoms with Crippen molar-refractivity contribution in [2.45, 2.75) is 19.4 Å². The first-order valence-corrected chi connectivity index (χ1v) is 6.10. The first kappa shape index (κ1) is 10.9. The zero-order chi connectivity index (χ0) is 10.7. The van der Waals surface area contributed by atoms with Crippen molar-refractivity contribution in [2.24, 2.45) is 0 Å². The molecule has 0 N–H and O–H groups in total. The first-order chi connectivity index (χ1) is 7.28. The third-order valence-corrected chi connectivity index (χ3v) is 3.24. The lowest BCUT2D eigenvalue weighted by molar-refractivity contribution is 0.202. The summed E-state index contributed by atoms with van der Waals surface area (Å²) < 4.78 is 5.91. The minimum Gasteiger partial charge on any atom is -0.489 e. The highest BCUT2D eigenvalue weighted by atomic mass is 31.0. The summed E-state index contributed by atoms with van der Waals surface area (Å²) in [5.74, 6) is 0.990. The summed E-state index contributed by atoms with van der Waals surface area (Å²) in [5.41, 5.74) is 0.